The summed E-state index contributed by atoms with van der Waals surface area (Å²) >= 11 is 0. The van der Waals surface area contributed by atoms with Crippen molar-refractivity contribution in [3.8, 4) is 0 Å². The number of carbonyl (C=O) groups is 4. The third-order valence-corrected chi connectivity index (χ3v) is 19.2. The molecule has 0 aromatic carbocycles. The highest BCUT2D eigenvalue weighted by Crippen LogP contribution is 2.45. The maximum atomic E-state index is 13.1. The number of phosphoric ester groups is 2. The van der Waals surface area contributed by atoms with Crippen LogP contribution < -0.4 is 0 Å². The van der Waals surface area contributed by atoms with E-state index in [1.807, 2.05) is 18.2 Å². The minimum Gasteiger partial charge on any atom is -0.462 e. The molecule has 0 heterocycles. The second kappa shape index (κ2) is 75.5. The Labute approximate surface area is 621 Å². The second-order valence-corrected chi connectivity index (χ2v) is 30.3. The minimum atomic E-state index is -4.99. The molecule has 0 aromatic rings. The lowest BCUT2D eigenvalue weighted by Crippen LogP contribution is -2.30. The summed E-state index contributed by atoms with van der Waals surface area (Å²) in [5, 5.41) is 10.6. The van der Waals surface area contributed by atoms with Crippen LogP contribution in [0.3, 0.4) is 0 Å². The monoisotopic (exact) mass is 1480 g/mol. The van der Waals surface area contributed by atoms with E-state index in [0.717, 1.165) is 135 Å². The molecule has 0 aliphatic heterocycles. The molecule has 0 radical (unpaired) electrons. The van der Waals surface area contributed by atoms with Crippen LogP contribution in [0.5, 0.6) is 0 Å². The minimum absolute atomic E-state index is 0.0273. The molecular formula is C83H148O17P2. The Bertz CT molecular complexity index is 2260. The zero-order valence-corrected chi connectivity index (χ0v) is 66.6. The fourth-order valence-electron chi connectivity index (χ4n) is 11.1. The van der Waals surface area contributed by atoms with E-state index in [1.165, 1.54) is 141 Å². The first-order valence-electron chi connectivity index (χ1n) is 40.8. The van der Waals surface area contributed by atoms with Gasteiger partial charge in [-0.1, -0.05) is 305 Å². The Hall–Kier alpha value is -3.76. The summed E-state index contributed by atoms with van der Waals surface area (Å²) in [4.78, 5) is 73.0. The average molecular weight is 1480 g/mol. The standard InChI is InChI=1S/C83H148O17P2/c1-5-9-13-17-21-25-29-33-36-37-38-39-42-46-50-54-58-62-66-70-83(88)100-79(74-94-81(86)68-64-60-56-52-48-44-40-34-30-26-22-18-14-10-6-2)76-98-102(91,92)96-72-77(84)71-95-101(89,90)97-75-78(73-93-80(85)67-63-59-55-51-47-43-32-28-24-20-16-12-8-4)99-82(87)69-65-61-57-53-49-45-41-35-31-27-23-19-15-11-7-3/h21,25-27,30-31,33,36,38-39,46,50,58,62,77-79,84H,5-20,22-24,28-29,32,34-35,37,40-45,47-49,51-57,59-61,63-76H2,1-4H3,(H,89,90)(H,91,92)/b25-21-,30-26-,31-27-,36-33-,39-38-,50-46-,62-58-/t77-,78+,79+/m0/s1. The highest BCUT2D eigenvalue weighted by atomic mass is 31.2. The predicted molar refractivity (Wildman–Crippen MR) is 418 cm³/mol. The van der Waals surface area contributed by atoms with Crippen molar-refractivity contribution in [3.63, 3.8) is 0 Å². The van der Waals surface area contributed by atoms with Crippen LogP contribution in [0.4, 0.5) is 0 Å². The number of aliphatic hydroxyl groups excluding tert-OH is 1. The van der Waals surface area contributed by atoms with Gasteiger partial charge in [0.05, 0.1) is 26.4 Å². The van der Waals surface area contributed by atoms with E-state index in [9.17, 15) is 43.2 Å². The average Bonchev–Trinajstić information content (AvgIpc) is 1.21. The van der Waals surface area contributed by atoms with Gasteiger partial charge in [0.25, 0.3) is 0 Å². The number of hydrogen-bond acceptors (Lipinski definition) is 15. The highest BCUT2D eigenvalue weighted by Gasteiger charge is 2.30. The summed E-state index contributed by atoms with van der Waals surface area (Å²) in [5.74, 6) is -2.25. The quantitative estimate of drug-likeness (QED) is 0.0169. The van der Waals surface area contributed by atoms with E-state index >= 15 is 0 Å². The van der Waals surface area contributed by atoms with Gasteiger partial charge in [0.1, 0.15) is 19.3 Å². The van der Waals surface area contributed by atoms with Crippen LogP contribution in [0, 0.1) is 0 Å². The fourth-order valence-corrected chi connectivity index (χ4v) is 12.7. The molecule has 0 aromatic heterocycles. The van der Waals surface area contributed by atoms with Crippen molar-refractivity contribution in [3.05, 3.63) is 85.1 Å². The van der Waals surface area contributed by atoms with Gasteiger partial charge >= 0.3 is 39.5 Å². The number of unbranched alkanes of at least 4 members (excludes halogenated alkanes) is 37. The zero-order chi connectivity index (χ0) is 74.6. The molecule has 0 rings (SSSR count). The van der Waals surface area contributed by atoms with Crippen molar-refractivity contribution in [1.82, 2.24) is 0 Å². The molecule has 19 heteroatoms. The van der Waals surface area contributed by atoms with E-state index in [0.29, 0.717) is 32.1 Å². The molecule has 2 unspecified atom stereocenters. The van der Waals surface area contributed by atoms with Gasteiger partial charge in [-0.15, -0.1) is 0 Å². The van der Waals surface area contributed by atoms with E-state index in [1.54, 1.807) is 0 Å². The topological polar surface area (TPSA) is 237 Å². The number of hydrogen-bond donors (Lipinski definition) is 3. The summed E-state index contributed by atoms with van der Waals surface area (Å²) in [7, 11) is -9.97. The Kier molecular flexibility index (Phi) is 72.7. The smallest absolute Gasteiger partial charge is 0.462 e. The lowest BCUT2D eigenvalue weighted by molar-refractivity contribution is -0.161. The van der Waals surface area contributed by atoms with Crippen LogP contribution >= 0.6 is 15.6 Å². The van der Waals surface area contributed by atoms with E-state index in [2.05, 4.69) is 94.5 Å². The number of carbonyl (C=O) groups excluding carboxylic acids is 4. The van der Waals surface area contributed by atoms with Gasteiger partial charge in [0, 0.05) is 25.7 Å². The SMILES string of the molecule is CCCCC/C=C\C/C=C\C/C=C\C/C=C\C/C=C\CCC(=O)O[C@H](COC(=O)CCCCCCCCC/C=C\CCCCCC)COP(=O)(O)OC[C@@H](O)COP(=O)(O)OC[C@@H](COC(=O)CCCCCCCCCCCCCCC)OC(=O)CCCCCCCCC/C=C\CCCCCC. The number of ether oxygens (including phenoxy) is 4. The van der Waals surface area contributed by atoms with Crippen LogP contribution in [-0.2, 0) is 65.4 Å². The molecule has 0 fully saturated rings. The van der Waals surface area contributed by atoms with E-state index in [-0.39, 0.29) is 25.7 Å². The molecule has 3 N–H and O–H groups in total. The Morgan fingerprint density at radius 2 is 0.500 bits per heavy atom. The Morgan fingerprint density at radius 3 is 0.833 bits per heavy atom. The predicted octanol–water partition coefficient (Wildman–Crippen LogP) is 23.8. The van der Waals surface area contributed by atoms with Crippen LogP contribution in [0.25, 0.3) is 0 Å². The van der Waals surface area contributed by atoms with Gasteiger partial charge < -0.3 is 33.8 Å². The zero-order valence-electron chi connectivity index (χ0n) is 64.8. The molecule has 0 amide bonds. The summed E-state index contributed by atoms with van der Waals surface area (Å²) in [6.45, 7) is 4.79. The van der Waals surface area contributed by atoms with Crippen molar-refractivity contribution >= 4 is 39.5 Å². The van der Waals surface area contributed by atoms with Crippen molar-refractivity contribution in [2.24, 2.45) is 0 Å². The summed E-state index contributed by atoms with van der Waals surface area (Å²) < 4.78 is 68.6. The van der Waals surface area contributed by atoms with E-state index in [4.69, 9.17) is 37.0 Å². The second-order valence-electron chi connectivity index (χ2n) is 27.4. The van der Waals surface area contributed by atoms with E-state index < -0.39 is 97.5 Å². The molecule has 0 saturated carbocycles. The number of rotatable bonds is 77. The molecule has 0 saturated heterocycles. The maximum absolute atomic E-state index is 13.1. The molecule has 5 atom stereocenters. The first kappa shape index (κ1) is 98.2. The fraction of sp³-hybridized carbons (Fsp3) is 0.783. The lowest BCUT2D eigenvalue weighted by Gasteiger charge is -2.21. The largest absolute Gasteiger partial charge is 0.472 e. The molecule has 0 aliphatic carbocycles. The van der Waals surface area contributed by atoms with Crippen molar-refractivity contribution in [2.75, 3.05) is 39.6 Å². The molecule has 0 bridgehead atoms. The molecular weight excluding hydrogens is 1330 g/mol. The molecule has 17 nitrogen and oxygen atoms in total. The maximum Gasteiger partial charge on any atom is 0.472 e. The van der Waals surface area contributed by atoms with Crippen LogP contribution in [0.2, 0.25) is 0 Å². The Balaban J connectivity index is 5.41. The molecule has 592 valence electrons. The van der Waals surface area contributed by atoms with Gasteiger partial charge in [-0.25, -0.2) is 9.13 Å². The number of aliphatic hydroxyl groups is 1. The first-order chi connectivity index (χ1) is 49.7. The summed E-state index contributed by atoms with van der Waals surface area (Å²) in [6.07, 6.45) is 78.5. The third-order valence-electron chi connectivity index (χ3n) is 17.3. The van der Waals surface area contributed by atoms with Gasteiger partial charge in [-0.2, -0.15) is 0 Å². The van der Waals surface area contributed by atoms with Gasteiger partial charge in [-0.3, -0.25) is 37.3 Å². The number of phosphoric acid groups is 2. The van der Waals surface area contributed by atoms with Crippen molar-refractivity contribution in [2.45, 2.75) is 380 Å². The van der Waals surface area contributed by atoms with Gasteiger partial charge in [0.2, 0.25) is 0 Å². The van der Waals surface area contributed by atoms with Crippen LogP contribution in [0.1, 0.15) is 362 Å². The normalized spacial score (nSPS) is 14.3. The lowest BCUT2D eigenvalue weighted by atomic mass is 10.0. The summed E-state index contributed by atoms with van der Waals surface area (Å²) in [6, 6.07) is 0. The number of allylic oxidation sites excluding steroid dienone is 14. The van der Waals surface area contributed by atoms with Crippen LogP contribution in [-0.4, -0.2) is 96.7 Å². The van der Waals surface area contributed by atoms with Gasteiger partial charge in [0.15, 0.2) is 12.2 Å². The third kappa shape index (κ3) is 74.5. The first-order valence-corrected chi connectivity index (χ1v) is 43.8. The molecule has 0 spiro atoms. The molecule has 0 aliphatic rings. The summed E-state index contributed by atoms with van der Waals surface area (Å²) in [5.41, 5.74) is 0. The van der Waals surface area contributed by atoms with Crippen molar-refractivity contribution < 1.29 is 80.2 Å². The molecule has 102 heavy (non-hydrogen) atoms. The highest BCUT2D eigenvalue weighted by molar-refractivity contribution is 7.47. The van der Waals surface area contributed by atoms with Crippen LogP contribution in [0.15, 0.2) is 85.1 Å². The van der Waals surface area contributed by atoms with Gasteiger partial charge in [-0.05, 0) is 116 Å². The number of esters is 4. The van der Waals surface area contributed by atoms with Crippen molar-refractivity contribution in [1.29, 1.82) is 0 Å². The Morgan fingerprint density at radius 1 is 0.275 bits per heavy atom.